The van der Waals surface area contributed by atoms with Crippen LogP contribution in [0, 0.1) is 5.92 Å². The zero-order chi connectivity index (χ0) is 12.5. The highest BCUT2D eigenvalue weighted by Crippen LogP contribution is 2.24. The molecular formula is C14H15NO3. The third-order valence-electron chi connectivity index (χ3n) is 3.46. The summed E-state index contributed by atoms with van der Waals surface area (Å²) in [4.78, 5) is 12.4. The van der Waals surface area contributed by atoms with Crippen molar-refractivity contribution >= 4 is 16.8 Å². The number of furan rings is 1. The number of fused-ring (bicyclic) bond motifs is 1. The highest BCUT2D eigenvalue weighted by molar-refractivity contribution is 5.99. The molecule has 4 heteroatoms. The normalized spacial score (nSPS) is 23.6. The van der Waals surface area contributed by atoms with E-state index in [0.29, 0.717) is 19.0 Å². The van der Waals surface area contributed by atoms with Crippen LogP contribution in [0.4, 0.5) is 0 Å². The third-order valence-corrected chi connectivity index (χ3v) is 3.46. The van der Waals surface area contributed by atoms with Crippen LogP contribution in [0.2, 0.25) is 0 Å². The van der Waals surface area contributed by atoms with Gasteiger partial charge >= 0.3 is 0 Å². The molecule has 18 heavy (non-hydrogen) atoms. The Morgan fingerprint density at radius 2 is 2.17 bits per heavy atom. The lowest BCUT2D eigenvalue weighted by Gasteiger charge is -2.13. The maximum absolute atomic E-state index is 12.4. The lowest BCUT2D eigenvalue weighted by atomic mass is 9.97. The number of para-hydroxylation sites is 1. The predicted octanol–water partition coefficient (Wildman–Crippen LogP) is 1.85. The quantitative estimate of drug-likeness (QED) is 0.838. The van der Waals surface area contributed by atoms with Crippen LogP contribution in [0.1, 0.15) is 10.6 Å². The van der Waals surface area contributed by atoms with Crippen molar-refractivity contribution in [1.82, 2.24) is 5.32 Å². The van der Waals surface area contributed by atoms with Crippen molar-refractivity contribution in [3.05, 3.63) is 36.1 Å². The number of benzene rings is 1. The molecular weight excluding hydrogens is 230 g/mol. The van der Waals surface area contributed by atoms with E-state index in [1.807, 2.05) is 37.4 Å². The molecule has 0 saturated carbocycles. The van der Waals surface area contributed by atoms with E-state index in [0.717, 1.165) is 11.0 Å². The Labute approximate surface area is 105 Å². The Kier molecular flexibility index (Phi) is 2.89. The largest absolute Gasteiger partial charge is 0.453 e. The van der Waals surface area contributed by atoms with Crippen LogP contribution in [0.15, 0.2) is 34.7 Å². The number of likely N-dealkylation sites (N-methyl/N-ethyl adjacent to an activating group) is 1. The molecule has 1 N–H and O–H groups in total. The summed E-state index contributed by atoms with van der Waals surface area (Å²) in [5.41, 5.74) is 0.751. The number of carbonyl (C=O) groups is 1. The maximum Gasteiger partial charge on any atom is 0.205 e. The van der Waals surface area contributed by atoms with Gasteiger partial charge in [-0.25, -0.2) is 0 Å². The van der Waals surface area contributed by atoms with Crippen molar-refractivity contribution in [2.45, 2.75) is 6.04 Å². The van der Waals surface area contributed by atoms with Gasteiger partial charge in [-0.15, -0.1) is 0 Å². The zero-order valence-electron chi connectivity index (χ0n) is 10.2. The molecule has 0 bridgehead atoms. The molecule has 1 aromatic carbocycles. The van der Waals surface area contributed by atoms with Gasteiger partial charge in [-0.3, -0.25) is 4.79 Å². The lowest BCUT2D eigenvalue weighted by molar-refractivity contribution is 0.0866. The van der Waals surface area contributed by atoms with Crippen molar-refractivity contribution < 1.29 is 13.9 Å². The molecule has 1 saturated heterocycles. The van der Waals surface area contributed by atoms with Crippen molar-refractivity contribution in [2.24, 2.45) is 5.92 Å². The zero-order valence-corrected chi connectivity index (χ0v) is 10.2. The lowest BCUT2D eigenvalue weighted by Crippen LogP contribution is -2.36. The first-order chi connectivity index (χ1) is 8.79. The van der Waals surface area contributed by atoms with Gasteiger partial charge in [0, 0.05) is 11.4 Å². The molecule has 0 radical (unpaired) electrons. The van der Waals surface area contributed by atoms with Gasteiger partial charge in [-0.05, 0) is 19.2 Å². The van der Waals surface area contributed by atoms with E-state index in [9.17, 15) is 4.79 Å². The number of rotatable bonds is 3. The van der Waals surface area contributed by atoms with Crippen LogP contribution in [-0.4, -0.2) is 32.1 Å². The first-order valence-corrected chi connectivity index (χ1v) is 6.07. The number of hydrogen-bond acceptors (Lipinski definition) is 4. The highest BCUT2D eigenvalue weighted by atomic mass is 16.5. The number of carbonyl (C=O) groups excluding carboxylic acids is 1. The van der Waals surface area contributed by atoms with Crippen molar-refractivity contribution in [3.63, 3.8) is 0 Å². The Morgan fingerprint density at radius 3 is 2.94 bits per heavy atom. The van der Waals surface area contributed by atoms with Crippen LogP contribution >= 0.6 is 0 Å². The summed E-state index contributed by atoms with van der Waals surface area (Å²) in [6.45, 7) is 1.04. The number of ether oxygens (including phenoxy) is 1. The molecule has 2 unspecified atom stereocenters. The number of ketones is 1. The van der Waals surface area contributed by atoms with Gasteiger partial charge in [0.15, 0.2) is 5.76 Å². The fraction of sp³-hybridized carbons (Fsp3) is 0.357. The molecule has 2 heterocycles. The summed E-state index contributed by atoms with van der Waals surface area (Å²) in [5.74, 6) is 0.283. The Balaban J connectivity index is 1.91. The van der Waals surface area contributed by atoms with Crippen LogP contribution in [-0.2, 0) is 4.74 Å². The Morgan fingerprint density at radius 1 is 1.33 bits per heavy atom. The van der Waals surface area contributed by atoms with Gasteiger partial charge in [0.2, 0.25) is 5.78 Å². The van der Waals surface area contributed by atoms with Crippen LogP contribution in [0.5, 0.6) is 0 Å². The van der Waals surface area contributed by atoms with Crippen LogP contribution in [0.25, 0.3) is 11.0 Å². The number of hydrogen-bond donors (Lipinski definition) is 1. The standard InChI is InChI=1S/C14H15NO3/c1-15-11-8-17-7-10(11)14(16)13-6-9-4-2-3-5-12(9)18-13/h2-6,10-11,15H,7-8H2,1H3. The first-order valence-electron chi connectivity index (χ1n) is 6.07. The van der Waals surface area contributed by atoms with Gasteiger partial charge in [0.1, 0.15) is 5.58 Å². The molecule has 1 aliphatic heterocycles. The topological polar surface area (TPSA) is 51.5 Å². The molecule has 2 atom stereocenters. The molecule has 4 nitrogen and oxygen atoms in total. The molecule has 0 spiro atoms. The van der Waals surface area contributed by atoms with E-state index in [-0.39, 0.29) is 17.7 Å². The molecule has 0 aliphatic carbocycles. The average Bonchev–Trinajstić information content (AvgIpc) is 3.03. The van der Waals surface area contributed by atoms with Gasteiger partial charge < -0.3 is 14.5 Å². The number of nitrogens with one attached hydrogen (secondary N) is 1. The molecule has 1 aromatic heterocycles. The third kappa shape index (κ3) is 1.83. The van der Waals surface area contributed by atoms with E-state index in [1.165, 1.54) is 0 Å². The molecule has 3 rings (SSSR count). The monoisotopic (exact) mass is 245 g/mol. The predicted molar refractivity (Wildman–Crippen MR) is 67.7 cm³/mol. The summed E-state index contributed by atoms with van der Waals surface area (Å²) in [7, 11) is 1.85. The second-order valence-electron chi connectivity index (χ2n) is 4.55. The van der Waals surface area contributed by atoms with Gasteiger partial charge in [0.05, 0.1) is 19.1 Å². The van der Waals surface area contributed by atoms with Gasteiger partial charge in [-0.1, -0.05) is 18.2 Å². The second-order valence-corrected chi connectivity index (χ2v) is 4.55. The highest BCUT2D eigenvalue weighted by Gasteiger charge is 2.35. The van der Waals surface area contributed by atoms with E-state index < -0.39 is 0 Å². The van der Waals surface area contributed by atoms with Crippen molar-refractivity contribution in [2.75, 3.05) is 20.3 Å². The van der Waals surface area contributed by atoms with E-state index in [2.05, 4.69) is 5.32 Å². The maximum atomic E-state index is 12.4. The minimum Gasteiger partial charge on any atom is -0.453 e. The fourth-order valence-corrected chi connectivity index (χ4v) is 2.38. The van der Waals surface area contributed by atoms with Crippen LogP contribution in [0.3, 0.4) is 0 Å². The first kappa shape index (κ1) is 11.4. The minimum absolute atomic E-state index is 0.0167. The Bertz CT molecular complexity index is 542. The Hall–Kier alpha value is -1.65. The number of Topliss-reactive ketones (excluding diaryl/α,β-unsaturated/α-hetero) is 1. The molecule has 94 valence electrons. The summed E-state index contributed by atoms with van der Waals surface area (Å²) in [6, 6.07) is 9.52. The van der Waals surface area contributed by atoms with E-state index >= 15 is 0 Å². The molecule has 0 amide bonds. The second kappa shape index (κ2) is 4.55. The van der Waals surface area contributed by atoms with E-state index in [4.69, 9.17) is 9.15 Å². The molecule has 1 aliphatic rings. The summed E-state index contributed by atoms with van der Waals surface area (Å²) in [6.07, 6.45) is 0. The summed E-state index contributed by atoms with van der Waals surface area (Å²) < 4.78 is 11.0. The molecule has 2 aromatic rings. The smallest absolute Gasteiger partial charge is 0.205 e. The van der Waals surface area contributed by atoms with Gasteiger partial charge in [0.25, 0.3) is 0 Å². The summed E-state index contributed by atoms with van der Waals surface area (Å²) in [5, 5.41) is 4.07. The SMILES string of the molecule is CNC1COCC1C(=O)c1cc2ccccc2o1. The van der Waals surface area contributed by atoms with Crippen molar-refractivity contribution in [1.29, 1.82) is 0 Å². The van der Waals surface area contributed by atoms with E-state index in [1.54, 1.807) is 0 Å². The molecule has 1 fully saturated rings. The van der Waals surface area contributed by atoms with Gasteiger partial charge in [-0.2, -0.15) is 0 Å². The minimum atomic E-state index is -0.157. The average molecular weight is 245 g/mol. The van der Waals surface area contributed by atoms with Crippen LogP contribution < -0.4 is 5.32 Å². The summed E-state index contributed by atoms with van der Waals surface area (Å²) >= 11 is 0. The fourth-order valence-electron chi connectivity index (χ4n) is 2.38. The van der Waals surface area contributed by atoms with Crippen molar-refractivity contribution in [3.8, 4) is 0 Å².